The molecule has 2 atom stereocenters. The van der Waals surface area contributed by atoms with Gasteiger partial charge < -0.3 is 9.64 Å². The fourth-order valence-corrected chi connectivity index (χ4v) is 3.25. The number of hydrogen-bond donors (Lipinski definition) is 0. The van der Waals surface area contributed by atoms with Crippen LogP contribution in [0, 0.1) is 0 Å². The molecule has 2 unspecified atom stereocenters. The molecule has 0 aliphatic heterocycles. The van der Waals surface area contributed by atoms with Crippen LogP contribution in [0.15, 0.2) is 17.2 Å². The highest BCUT2D eigenvalue weighted by molar-refractivity contribution is 7.98. The lowest BCUT2D eigenvalue weighted by molar-refractivity contribution is 0.108. The Hall–Kier alpha value is -0.580. The van der Waals surface area contributed by atoms with E-state index in [4.69, 9.17) is 9.72 Å². The largest absolute Gasteiger partial charge is 0.381 e. The summed E-state index contributed by atoms with van der Waals surface area (Å²) < 4.78 is 5.49. The average molecular weight is 280 g/mol. The lowest BCUT2D eigenvalue weighted by Crippen LogP contribution is -2.15. The van der Waals surface area contributed by atoms with Gasteiger partial charge in [-0.1, -0.05) is 6.07 Å². The van der Waals surface area contributed by atoms with Crippen molar-refractivity contribution in [1.82, 2.24) is 9.88 Å². The number of aromatic nitrogens is 1. The molecule has 0 N–H and O–H groups in total. The summed E-state index contributed by atoms with van der Waals surface area (Å²) in [6, 6.07) is 4.43. The summed E-state index contributed by atoms with van der Waals surface area (Å²) in [7, 11) is 6.02. The molecule has 3 nitrogen and oxygen atoms in total. The van der Waals surface area contributed by atoms with E-state index in [0.29, 0.717) is 12.0 Å². The molecule has 0 amide bonds. The van der Waals surface area contributed by atoms with E-state index >= 15 is 0 Å². The fourth-order valence-electron chi connectivity index (χ4n) is 2.84. The van der Waals surface area contributed by atoms with E-state index in [9.17, 15) is 0 Å². The van der Waals surface area contributed by atoms with Crippen LogP contribution in [0.25, 0.3) is 0 Å². The topological polar surface area (TPSA) is 25.4 Å². The molecule has 4 heteroatoms. The summed E-state index contributed by atoms with van der Waals surface area (Å²) in [4.78, 5) is 7.00. The number of nitrogens with zero attached hydrogens (tertiary/aromatic N) is 2. The maximum atomic E-state index is 5.49. The van der Waals surface area contributed by atoms with E-state index in [2.05, 4.69) is 37.4 Å². The lowest BCUT2D eigenvalue weighted by atomic mass is 9.96. The molecule has 1 saturated carbocycles. The van der Waals surface area contributed by atoms with Crippen LogP contribution in [0.1, 0.15) is 36.4 Å². The summed E-state index contributed by atoms with van der Waals surface area (Å²) in [5, 5.41) is 1.11. The summed E-state index contributed by atoms with van der Waals surface area (Å²) >= 11 is 1.71. The van der Waals surface area contributed by atoms with E-state index in [1.807, 2.05) is 7.11 Å². The van der Waals surface area contributed by atoms with Gasteiger partial charge in [0, 0.05) is 13.7 Å². The summed E-state index contributed by atoms with van der Waals surface area (Å²) in [5.74, 6) is 0.614. The predicted octanol–water partition coefficient (Wildman–Crippen LogP) is 3.15. The zero-order valence-corrected chi connectivity index (χ0v) is 13.2. The van der Waals surface area contributed by atoms with E-state index in [1.165, 1.54) is 24.1 Å². The number of methoxy groups -OCH3 is 1. The smallest absolute Gasteiger partial charge is 0.0961 e. The van der Waals surface area contributed by atoms with Gasteiger partial charge in [0.15, 0.2) is 0 Å². The molecule has 1 aromatic rings. The standard InChI is InChI=1S/C15H24N2OS/c1-17(2)10-14-13(7-8-15(16-14)19-4)11-5-6-12(9-11)18-3/h7-8,11-12H,5-6,9-10H2,1-4H3. The van der Waals surface area contributed by atoms with E-state index in [0.717, 1.165) is 18.0 Å². The molecule has 0 spiro atoms. The first-order valence-electron chi connectivity index (χ1n) is 6.85. The van der Waals surface area contributed by atoms with Gasteiger partial charge >= 0.3 is 0 Å². The van der Waals surface area contributed by atoms with Gasteiger partial charge in [0.1, 0.15) is 0 Å². The molecule has 0 bridgehead atoms. The molecule has 1 fully saturated rings. The molecule has 0 radical (unpaired) electrons. The number of pyridine rings is 1. The Balaban J connectivity index is 2.23. The number of thioether (sulfide) groups is 1. The third-order valence-corrected chi connectivity index (χ3v) is 4.46. The fraction of sp³-hybridized carbons (Fsp3) is 0.667. The number of ether oxygens (including phenoxy) is 1. The predicted molar refractivity (Wildman–Crippen MR) is 80.8 cm³/mol. The Morgan fingerprint density at radius 2 is 2.16 bits per heavy atom. The van der Waals surface area contributed by atoms with Crippen molar-refractivity contribution in [3.8, 4) is 0 Å². The summed E-state index contributed by atoms with van der Waals surface area (Å²) in [6.45, 7) is 0.915. The summed E-state index contributed by atoms with van der Waals surface area (Å²) in [5.41, 5.74) is 2.66. The first-order chi connectivity index (χ1) is 9.13. The minimum Gasteiger partial charge on any atom is -0.381 e. The maximum absolute atomic E-state index is 5.49. The van der Waals surface area contributed by atoms with Gasteiger partial charge in [-0.15, -0.1) is 11.8 Å². The Morgan fingerprint density at radius 3 is 2.74 bits per heavy atom. The molecule has 1 aliphatic carbocycles. The van der Waals surface area contributed by atoms with Crippen LogP contribution in [0.2, 0.25) is 0 Å². The van der Waals surface area contributed by atoms with Crippen molar-refractivity contribution < 1.29 is 4.74 Å². The number of rotatable bonds is 5. The van der Waals surface area contributed by atoms with E-state index < -0.39 is 0 Å². The molecule has 1 heterocycles. The van der Waals surface area contributed by atoms with Crippen molar-refractivity contribution in [2.24, 2.45) is 0 Å². The van der Waals surface area contributed by atoms with Crippen LogP contribution < -0.4 is 0 Å². The van der Waals surface area contributed by atoms with Crippen molar-refractivity contribution in [2.75, 3.05) is 27.5 Å². The SMILES string of the molecule is COC1CCC(c2ccc(SC)nc2CN(C)C)C1. The normalized spacial score (nSPS) is 23.2. The van der Waals surface area contributed by atoms with Crippen LogP contribution >= 0.6 is 11.8 Å². The second-order valence-electron chi connectivity index (χ2n) is 5.50. The third-order valence-electron chi connectivity index (χ3n) is 3.82. The Labute approximate surface area is 120 Å². The summed E-state index contributed by atoms with van der Waals surface area (Å²) in [6.07, 6.45) is 6.04. The lowest BCUT2D eigenvalue weighted by Gasteiger charge is -2.18. The molecular formula is C15H24N2OS. The monoisotopic (exact) mass is 280 g/mol. The molecule has 1 aromatic heterocycles. The van der Waals surface area contributed by atoms with Crippen LogP contribution in [0.3, 0.4) is 0 Å². The molecule has 0 saturated heterocycles. The highest BCUT2D eigenvalue weighted by Gasteiger charge is 2.27. The quantitative estimate of drug-likeness (QED) is 0.774. The van der Waals surface area contributed by atoms with Gasteiger partial charge in [0.2, 0.25) is 0 Å². The molecule has 2 rings (SSSR count). The number of hydrogen-bond acceptors (Lipinski definition) is 4. The van der Waals surface area contributed by atoms with Crippen molar-refractivity contribution in [2.45, 2.75) is 42.9 Å². The van der Waals surface area contributed by atoms with Crippen LogP contribution in [-0.2, 0) is 11.3 Å². The van der Waals surface area contributed by atoms with E-state index in [1.54, 1.807) is 11.8 Å². The van der Waals surface area contributed by atoms with Gasteiger partial charge in [0.25, 0.3) is 0 Å². The molecular weight excluding hydrogens is 256 g/mol. The third kappa shape index (κ3) is 3.71. The Morgan fingerprint density at radius 1 is 1.37 bits per heavy atom. The van der Waals surface area contributed by atoms with Crippen molar-refractivity contribution in [1.29, 1.82) is 0 Å². The minimum atomic E-state index is 0.428. The first-order valence-corrected chi connectivity index (χ1v) is 8.07. The Bertz CT molecular complexity index is 423. The molecule has 19 heavy (non-hydrogen) atoms. The van der Waals surface area contributed by atoms with Crippen LogP contribution in [0.5, 0.6) is 0 Å². The average Bonchev–Trinajstić information content (AvgIpc) is 2.86. The van der Waals surface area contributed by atoms with Gasteiger partial charge in [-0.25, -0.2) is 4.98 Å². The van der Waals surface area contributed by atoms with Gasteiger partial charge in [-0.05, 0) is 57.2 Å². The first kappa shape index (κ1) is 14.8. The molecule has 1 aliphatic rings. The van der Waals surface area contributed by atoms with E-state index in [-0.39, 0.29) is 0 Å². The van der Waals surface area contributed by atoms with Crippen molar-refractivity contribution >= 4 is 11.8 Å². The van der Waals surface area contributed by atoms with Crippen molar-refractivity contribution in [3.63, 3.8) is 0 Å². The van der Waals surface area contributed by atoms with Crippen LogP contribution in [0.4, 0.5) is 0 Å². The highest BCUT2D eigenvalue weighted by Crippen LogP contribution is 2.37. The minimum absolute atomic E-state index is 0.428. The van der Waals surface area contributed by atoms with Crippen molar-refractivity contribution in [3.05, 3.63) is 23.4 Å². The molecule has 106 valence electrons. The highest BCUT2D eigenvalue weighted by atomic mass is 32.2. The second-order valence-corrected chi connectivity index (χ2v) is 6.32. The maximum Gasteiger partial charge on any atom is 0.0961 e. The van der Waals surface area contributed by atoms with Gasteiger partial charge in [0.05, 0.1) is 16.8 Å². The van der Waals surface area contributed by atoms with Crippen LogP contribution in [-0.4, -0.2) is 43.4 Å². The van der Waals surface area contributed by atoms with Gasteiger partial charge in [-0.2, -0.15) is 0 Å². The molecule has 0 aromatic carbocycles. The second kappa shape index (κ2) is 6.73. The zero-order chi connectivity index (χ0) is 13.8. The van der Waals surface area contributed by atoms with Gasteiger partial charge in [-0.3, -0.25) is 0 Å². The zero-order valence-electron chi connectivity index (χ0n) is 12.3. The Kier molecular flexibility index (Phi) is 5.25.